The van der Waals surface area contributed by atoms with Crippen LogP contribution in [0.4, 0.5) is 0 Å². The molecule has 2 heteroatoms. The van der Waals surface area contributed by atoms with Crippen LogP contribution in [0.3, 0.4) is 0 Å². The molecule has 21 heavy (non-hydrogen) atoms. The average Bonchev–Trinajstić information content (AvgIpc) is 2.47. The monoisotopic (exact) mass is 290 g/mol. The molecule has 1 atom stereocenters. The molecule has 0 aromatic heterocycles. The third kappa shape index (κ3) is 4.23. The van der Waals surface area contributed by atoms with Gasteiger partial charge in [0.25, 0.3) is 0 Å². The number of ether oxygens (including phenoxy) is 1. The van der Waals surface area contributed by atoms with Gasteiger partial charge in [-0.2, -0.15) is 0 Å². The summed E-state index contributed by atoms with van der Waals surface area (Å²) in [6.07, 6.45) is 4.42. The van der Waals surface area contributed by atoms with E-state index in [4.69, 9.17) is 4.74 Å². The summed E-state index contributed by atoms with van der Waals surface area (Å²) in [5.41, 5.74) is 1.42. The minimum atomic E-state index is -0.332. The highest BCUT2D eigenvalue weighted by Crippen LogP contribution is 2.43. The Kier molecular flexibility index (Phi) is 5.32. The second kappa shape index (κ2) is 6.83. The summed E-state index contributed by atoms with van der Waals surface area (Å²) in [5.74, 6) is 2.08. The van der Waals surface area contributed by atoms with Gasteiger partial charge in [0.05, 0.1) is 12.7 Å². The Labute approximate surface area is 129 Å². The summed E-state index contributed by atoms with van der Waals surface area (Å²) in [6, 6.07) is 7.93. The van der Waals surface area contributed by atoms with Crippen LogP contribution in [0.15, 0.2) is 24.3 Å². The number of hydrogen-bond acceptors (Lipinski definition) is 2. The Balaban J connectivity index is 1.93. The Hall–Kier alpha value is -1.02. The SMILES string of the molecule is CCOc1ccc(C(O)C2CCC(C(C)(C)C)CC2)cc1. The first-order chi connectivity index (χ1) is 9.91. The summed E-state index contributed by atoms with van der Waals surface area (Å²) < 4.78 is 5.46. The first-order valence-corrected chi connectivity index (χ1v) is 8.32. The van der Waals surface area contributed by atoms with E-state index in [2.05, 4.69) is 20.8 Å². The largest absolute Gasteiger partial charge is 0.494 e. The first kappa shape index (κ1) is 16.4. The van der Waals surface area contributed by atoms with E-state index in [1.165, 1.54) is 12.8 Å². The van der Waals surface area contributed by atoms with Crippen LogP contribution < -0.4 is 4.74 Å². The lowest BCUT2D eigenvalue weighted by Crippen LogP contribution is -2.28. The van der Waals surface area contributed by atoms with E-state index in [0.717, 1.165) is 30.1 Å². The summed E-state index contributed by atoms with van der Waals surface area (Å²) in [5, 5.41) is 10.6. The highest BCUT2D eigenvalue weighted by Gasteiger charge is 2.32. The van der Waals surface area contributed by atoms with Crippen LogP contribution in [0.2, 0.25) is 0 Å². The van der Waals surface area contributed by atoms with Crippen molar-refractivity contribution in [3.05, 3.63) is 29.8 Å². The Bertz CT molecular complexity index is 422. The first-order valence-electron chi connectivity index (χ1n) is 8.32. The predicted octanol–water partition coefficient (Wildman–Crippen LogP) is 4.97. The zero-order chi connectivity index (χ0) is 15.5. The summed E-state index contributed by atoms with van der Waals surface area (Å²) in [6.45, 7) is 9.66. The predicted molar refractivity (Wildman–Crippen MR) is 87.5 cm³/mol. The fourth-order valence-electron chi connectivity index (χ4n) is 3.50. The molecule has 1 unspecified atom stereocenters. The van der Waals surface area contributed by atoms with Crippen LogP contribution in [-0.4, -0.2) is 11.7 Å². The zero-order valence-corrected chi connectivity index (χ0v) is 13.9. The minimum Gasteiger partial charge on any atom is -0.494 e. The molecule has 1 saturated carbocycles. The van der Waals surface area contributed by atoms with E-state index in [0.29, 0.717) is 17.9 Å². The van der Waals surface area contributed by atoms with E-state index in [1.807, 2.05) is 31.2 Å². The highest BCUT2D eigenvalue weighted by molar-refractivity contribution is 5.28. The molecule has 0 heterocycles. The van der Waals surface area contributed by atoms with Crippen LogP contribution in [0, 0.1) is 17.3 Å². The number of aliphatic hydroxyl groups is 1. The molecule has 1 aromatic rings. The van der Waals surface area contributed by atoms with Gasteiger partial charge < -0.3 is 9.84 Å². The molecule has 0 aliphatic heterocycles. The van der Waals surface area contributed by atoms with Crippen LogP contribution in [-0.2, 0) is 0 Å². The van der Waals surface area contributed by atoms with Gasteiger partial charge >= 0.3 is 0 Å². The summed E-state index contributed by atoms with van der Waals surface area (Å²) in [4.78, 5) is 0. The van der Waals surface area contributed by atoms with Gasteiger partial charge in [0.15, 0.2) is 0 Å². The second-order valence-electron chi connectivity index (χ2n) is 7.42. The molecule has 1 N–H and O–H groups in total. The number of rotatable bonds is 4. The van der Waals surface area contributed by atoms with Gasteiger partial charge in [-0.05, 0) is 67.6 Å². The van der Waals surface area contributed by atoms with E-state index in [-0.39, 0.29) is 6.10 Å². The minimum absolute atomic E-state index is 0.332. The van der Waals surface area contributed by atoms with E-state index < -0.39 is 0 Å². The molecule has 2 rings (SSSR count). The van der Waals surface area contributed by atoms with Crippen LogP contribution in [0.5, 0.6) is 5.75 Å². The molecule has 1 aliphatic carbocycles. The molecule has 2 nitrogen and oxygen atoms in total. The maximum absolute atomic E-state index is 10.6. The second-order valence-corrected chi connectivity index (χ2v) is 7.42. The number of aliphatic hydroxyl groups excluding tert-OH is 1. The van der Waals surface area contributed by atoms with Crippen molar-refractivity contribution < 1.29 is 9.84 Å². The molecular formula is C19H30O2. The Morgan fingerprint density at radius 1 is 1.10 bits per heavy atom. The van der Waals surface area contributed by atoms with Gasteiger partial charge in [0, 0.05) is 0 Å². The van der Waals surface area contributed by atoms with Gasteiger partial charge in [-0.25, -0.2) is 0 Å². The van der Waals surface area contributed by atoms with Crippen molar-refractivity contribution in [1.82, 2.24) is 0 Å². The summed E-state index contributed by atoms with van der Waals surface area (Å²) in [7, 11) is 0. The summed E-state index contributed by atoms with van der Waals surface area (Å²) >= 11 is 0. The van der Waals surface area contributed by atoms with Crippen molar-refractivity contribution in [3.8, 4) is 5.75 Å². The van der Waals surface area contributed by atoms with E-state index >= 15 is 0 Å². The molecule has 118 valence electrons. The van der Waals surface area contributed by atoms with Crippen LogP contribution in [0.25, 0.3) is 0 Å². The van der Waals surface area contributed by atoms with Crippen molar-refractivity contribution in [2.75, 3.05) is 6.61 Å². The van der Waals surface area contributed by atoms with E-state index in [1.54, 1.807) is 0 Å². The van der Waals surface area contributed by atoms with Gasteiger partial charge in [-0.15, -0.1) is 0 Å². The molecule has 0 amide bonds. The zero-order valence-electron chi connectivity index (χ0n) is 13.9. The third-order valence-electron chi connectivity index (χ3n) is 4.98. The van der Waals surface area contributed by atoms with Crippen molar-refractivity contribution in [2.24, 2.45) is 17.3 Å². The molecule has 0 spiro atoms. The number of hydrogen-bond donors (Lipinski definition) is 1. The quantitative estimate of drug-likeness (QED) is 0.848. The highest BCUT2D eigenvalue weighted by atomic mass is 16.5. The third-order valence-corrected chi connectivity index (χ3v) is 4.98. The lowest BCUT2D eigenvalue weighted by Gasteiger charge is -2.38. The fourth-order valence-corrected chi connectivity index (χ4v) is 3.50. The van der Waals surface area contributed by atoms with Gasteiger partial charge in [0.2, 0.25) is 0 Å². The molecule has 0 bridgehead atoms. The number of benzene rings is 1. The van der Waals surface area contributed by atoms with Gasteiger partial charge in [-0.3, -0.25) is 0 Å². The van der Waals surface area contributed by atoms with Gasteiger partial charge in [-0.1, -0.05) is 32.9 Å². The molecule has 1 aromatic carbocycles. The lowest BCUT2D eigenvalue weighted by atomic mass is 9.68. The molecule has 1 fully saturated rings. The maximum atomic E-state index is 10.6. The van der Waals surface area contributed by atoms with Gasteiger partial charge in [0.1, 0.15) is 5.75 Å². The molecule has 1 aliphatic rings. The maximum Gasteiger partial charge on any atom is 0.119 e. The lowest BCUT2D eigenvalue weighted by molar-refractivity contribution is 0.0528. The fraction of sp³-hybridized carbons (Fsp3) is 0.684. The van der Waals surface area contributed by atoms with Crippen LogP contribution in [0.1, 0.15) is 65.0 Å². The Morgan fingerprint density at radius 3 is 2.14 bits per heavy atom. The normalized spacial score (nSPS) is 24.6. The van der Waals surface area contributed by atoms with E-state index in [9.17, 15) is 5.11 Å². The van der Waals surface area contributed by atoms with Crippen LogP contribution >= 0.6 is 0 Å². The molecule has 0 saturated heterocycles. The molecule has 0 radical (unpaired) electrons. The van der Waals surface area contributed by atoms with Crippen molar-refractivity contribution in [2.45, 2.75) is 59.5 Å². The smallest absolute Gasteiger partial charge is 0.119 e. The van der Waals surface area contributed by atoms with Crippen molar-refractivity contribution in [3.63, 3.8) is 0 Å². The average molecular weight is 290 g/mol. The van der Waals surface area contributed by atoms with Crippen molar-refractivity contribution in [1.29, 1.82) is 0 Å². The standard InChI is InChI=1S/C19H30O2/c1-5-21-17-12-8-15(9-13-17)18(20)14-6-10-16(11-7-14)19(2,3)4/h8-9,12-14,16,18,20H,5-7,10-11H2,1-4H3. The van der Waals surface area contributed by atoms with Crippen molar-refractivity contribution >= 4 is 0 Å². The Morgan fingerprint density at radius 2 is 1.67 bits per heavy atom. The topological polar surface area (TPSA) is 29.5 Å². The molecular weight excluding hydrogens is 260 g/mol.